The lowest BCUT2D eigenvalue weighted by Gasteiger charge is -2.12. The number of nitrogens with one attached hydrogen (secondary N) is 2. The summed E-state index contributed by atoms with van der Waals surface area (Å²) in [5.74, 6) is -0.755. The van der Waals surface area contributed by atoms with Gasteiger partial charge in [-0.3, -0.25) is 9.52 Å². The van der Waals surface area contributed by atoms with Crippen LogP contribution in [0.1, 0.15) is 35.7 Å². The average Bonchev–Trinajstić information content (AvgIpc) is 2.57. The summed E-state index contributed by atoms with van der Waals surface area (Å²) in [5, 5.41) is 2.78. The van der Waals surface area contributed by atoms with E-state index in [0.29, 0.717) is 17.7 Å². The van der Waals surface area contributed by atoms with Crippen molar-refractivity contribution in [3.05, 3.63) is 59.4 Å². The highest BCUT2D eigenvalue weighted by Crippen LogP contribution is 2.19. The van der Waals surface area contributed by atoms with Crippen LogP contribution in [-0.2, 0) is 10.0 Å². The van der Waals surface area contributed by atoms with Crippen LogP contribution >= 0.6 is 0 Å². The van der Waals surface area contributed by atoms with Crippen LogP contribution in [0.25, 0.3) is 0 Å². The molecule has 0 saturated carbocycles. The highest BCUT2D eigenvalue weighted by atomic mass is 32.2. The summed E-state index contributed by atoms with van der Waals surface area (Å²) < 4.78 is 40.3. The molecule has 0 heterocycles. The molecule has 0 aromatic heterocycles. The molecule has 0 saturated heterocycles. The maximum absolute atomic E-state index is 12.9. The van der Waals surface area contributed by atoms with Gasteiger partial charge in [-0.05, 0) is 55.3 Å². The number of unbranched alkanes of at least 4 members (excludes halogenated alkanes) is 1. The van der Waals surface area contributed by atoms with Crippen molar-refractivity contribution in [3.8, 4) is 0 Å². The van der Waals surface area contributed by atoms with Crippen LogP contribution in [0.3, 0.4) is 0 Å². The van der Waals surface area contributed by atoms with Crippen LogP contribution in [0.2, 0.25) is 0 Å². The van der Waals surface area contributed by atoms with E-state index in [1.54, 1.807) is 13.0 Å². The van der Waals surface area contributed by atoms with Gasteiger partial charge in [0.25, 0.3) is 15.9 Å². The Hall–Kier alpha value is -2.41. The summed E-state index contributed by atoms with van der Waals surface area (Å²) in [6.07, 6.45) is 1.81. The summed E-state index contributed by atoms with van der Waals surface area (Å²) in [6, 6.07) is 9.37. The molecule has 2 rings (SSSR count). The molecule has 25 heavy (non-hydrogen) atoms. The van der Waals surface area contributed by atoms with Crippen LogP contribution in [0.5, 0.6) is 0 Å². The fourth-order valence-electron chi connectivity index (χ4n) is 2.22. The van der Waals surface area contributed by atoms with Gasteiger partial charge < -0.3 is 5.32 Å². The predicted octanol–water partition coefficient (Wildman–Crippen LogP) is 3.46. The van der Waals surface area contributed by atoms with Gasteiger partial charge in [-0.1, -0.05) is 19.4 Å². The largest absolute Gasteiger partial charge is 0.352 e. The number of halogens is 1. The van der Waals surface area contributed by atoms with E-state index in [9.17, 15) is 17.6 Å². The van der Waals surface area contributed by atoms with E-state index in [-0.39, 0.29) is 16.5 Å². The number of benzene rings is 2. The Balaban J connectivity index is 2.24. The highest BCUT2D eigenvalue weighted by molar-refractivity contribution is 7.92. The first-order valence-corrected chi connectivity index (χ1v) is 9.49. The van der Waals surface area contributed by atoms with Crippen molar-refractivity contribution in [2.75, 3.05) is 11.3 Å². The zero-order chi connectivity index (χ0) is 18.4. The number of sulfonamides is 1. The lowest BCUT2D eigenvalue weighted by Crippen LogP contribution is -2.25. The van der Waals surface area contributed by atoms with E-state index in [1.807, 2.05) is 6.92 Å². The standard InChI is InChI=1S/C18H21FN2O3S/c1-3-4-11-20-18(22)17-12-16(10-5-13(17)2)25(23,24)21-15-8-6-14(19)7-9-15/h5-10,12,21H,3-4,11H2,1-2H3,(H,20,22). The van der Waals surface area contributed by atoms with Gasteiger partial charge in [0.05, 0.1) is 4.90 Å². The summed E-state index contributed by atoms with van der Waals surface area (Å²) in [7, 11) is -3.88. The molecule has 0 aliphatic heterocycles. The molecule has 0 aliphatic carbocycles. The third kappa shape index (κ3) is 5.03. The molecular weight excluding hydrogens is 343 g/mol. The lowest BCUT2D eigenvalue weighted by atomic mass is 10.1. The normalized spacial score (nSPS) is 11.2. The first-order valence-electron chi connectivity index (χ1n) is 8.00. The van der Waals surface area contributed by atoms with E-state index < -0.39 is 15.8 Å². The third-order valence-electron chi connectivity index (χ3n) is 3.68. The van der Waals surface area contributed by atoms with Crippen molar-refractivity contribution in [1.29, 1.82) is 0 Å². The number of aryl methyl sites for hydroxylation is 1. The molecular formula is C18H21FN2O3S. The number of hydrogen-bond acceptors (Lipinski definition) is 3. The molecule has 0 aliphatic rings. The van der Waals surface area contributed by atoms with Gasteiger partial charge in [0.2, 0.25) is 0 Å². The SMILES string of the molecule is CCCCNC(=O)c1cc(S(=O)(=O)Nc2ccc(F)cc2)ccc1C. The average molecular weight is 364 g/mol. The third-order valence-corrected chi connectivity index (χ3v) is 5.06. The Morgan fingerprint density at radius 1 is 1.12 bits per heavy atom. The van der Waals surface area contributed by atoms with Gasteiger partial charge in [-0.2, -0.15) is 0 Å². The molecule has 1 amide bonds. The molecule has 134 valence electrons. The van der Waals surface area contributed by atoms with Crippen LogP contribution in [0.4, 0.5) is 10.1 Å². The van der Waals surface area contributed by atoms with Gasteiger partial charge in [0.1, 0.15) is 5.82 Å². The van der Waals surface area contributed by atoms with Crippen LogP contribution in [0, 0.1) is 12.7 Å². The summed E-state index contributed by atoms with van der Waals surface area (Å²) >= 11 is 0. The lowest BCUT2D eigenvalue weighted by molar-refractivity contribution is 0.0952. The van der Waals surface area contributed by atoms with Crippen LogP contribution < -0.4 is 10.0 Å². The van der Waals surface area contributed by atoms with Crippen molar-refractivity contribution in [1.82, 2.24) is 5.32 Å². The van der Waals surface area contributed by atoms with Crippen molar-refractivity contribution in [2.24, 2.45) is 0 Å². The summed E-state index contributed by atoms with van der Waals surface area (Å²) in [5.41, 5.74) is 1.25. The summed E-state index contributed by atoms with van der Waals surface area (Å²) in [6.45, 7) is 4.31. The van der Waals surface area contributed by atoms with Gasteiger partial charge in [0, 0.05) is 17.8 Å². The topological polar surface area (TPSA) is 75.3 Å². The molecule has 0 fully saturated rings. The van der Waals surface area contributed by atoms with E-state index in [4.69, 9.17) is 0 Å². The second-order valence-electron chi connectivity index (χ2n) is 5.70. The second-order valence-corrected chi connectivity index (χ2v) is 7.38. The van der Waals surface area contributed by atoms with Crippen molar-refractivity contribution >= 4 is 21.6 Å². The molecule has 0 radical (unpaired) electrons. The van der Waals surface area contributed by atoms with Gasteiger partial charge in [0.15, 0.2) is 0 Å². The minimum absolute atomic E-state index is 0.0249. The Morgan fingerprint density at radius 3 is 2.44 bits per heavy atom. The van der Waals surface area contributed by atoms with Crippen molar-refractivity contribution < 1.29 is 17.6 Å². The molecule has 0 bridgehead atoms. The first-order chi connectivity index (χ1) is 11.8. The fourth-order valence-corrected chi connectivity index (χ4v) is 3.30. The molecule has 0 unspecified atom stereocenters. The maximum Gasteiger partial charge on any atom is 0.261 e. The number of carbonyl (C=O) groups excluding carboxylic acids is 1. The highest BCUT2D eigenvalue weighted by Gasteiger charge is 2.18. The summed E-state index contributed by atoms with van der Waals surface area (Å²) in [4.78, 5) is 12.2. The number of anilines is 1. The maximum atomic E-state index is 12.9. The van der Waals surface area contributed by atoms with Gasteiger partial charge >= 0.3 is 0 Å². The smallest absolute Gasteiger partial charge is 0.261 e. The Morgan fingerprint density at radius 2 is 1.80 bits per heavy atom. The van der Waals surface area contributed by atoms with Gasteiger partial charge in [-0.15, -0.1) is 0 Å². The van der Waals surface area contributed by atoms with Crippen LogP contribution in [-0.4, -0.2) is 20.9 Å². The number of amides is 1. The van der Waals surface area contributed by atoms with E-state index in [2.05, 4.69) is 10.0 Å². The molecule has 0 spiro atoms. The molecule has 0 atom stereocenters. The molecule has 7 heteroatoms. The fraction of sp³-hybridized carbons (Fsp3) is 0.278. The zero-order valence-electron chi connectivity index (χ0n) is 14.2. The first kappa shape index (κ1) is 18.9. The molecule has 2 N–H and O–H groups in total. The zero-order valence-corrected chi connectivity index (χ0v) is 15.0. The van der Waals surface area contributed by atoms with Crippen LogP contribution in [0.15, 0.2) is 47.4 Å². The minimum Gasteiger partial charge on any atom is -0.352 e. The second kappa shape index (κ2) is 8.11. The van der Waals surface area contributed by atoms with E-state index >= 15 is 0 Å². The minimum atomic E-state index is -3.88. The Labute approximate surface area is 147 Å². The number of carbonyl (C=O) groups is 1. The monoisotopic (exact) mass is 364 g/mol. The van der Waals surface area contributed by atoms with E-state index in [0.717, 1.165) is 12.8 Å². The Kier molecular flexibility index (Phi) is 6.14. The molecule has 2 aromatic carbocycles. The van der Waals surface area contributed by atoms with E-state index in [1.165, 1.54) is 36.4 Å². The predicted molar refractivity (Wildman–Crippen MR) is 95.6 cm³/mol. The van der Waals surface area contributed by atoms with Crippen molar-refractivity contribution in [3.63, 3.8) is 0 Å². The molecule has 5 nitrogen and oxygen atoms in total. The van der Waals surface area contributed by atoms with Crippen molar-refractivity contribution in [2.45, 2.75) is 31.6 Å². The number of hydrogen-bond donors (Lipinski definition) is 2. The quantitative estimate of drug-likeness (QED) is 0.739. The molecule has 2 aromatic rings. The van der Waals surface area contributed by atoms with Gasteiger partial charge in [-0.25, -0.2) is 12.8 Å². The Bertz CT molecular complexity index is 849. The number of rotatable bonds is 7.